The number of hydrogen-bond acceptors (Lipinski definition) is 4. The summed E-state index contributed by atoms with van der Waals surface area (Å²) in [6.45, 7) is 0. The highest BCUT2D eigenvalue weighted by atomic mass is 15.0. The van der Waals surface area contributed by atoms with E-state index in [0.717, 1.165) is 50.0 Å². The Labute approximate surface area is 323 Å². The summed E-state index contributed by atoms with van der Waals surface area (Å²) in [6.07, 6.45) is 0. The Hall–Kier alpha value is -7.56. The van der Waals surface area contributed by atoms with E-state index in [1.165, 1.54) is 43.1 Å². The molecule has 0 aliphatic carbocycles. The van der Waals surface area contributed by atoms with Gasteiger partial charge in [0.15, 0.2) is 17.5 Å². The standard InChI is InChI=1S/C52H32N4/c1-3-13-36(14-4-1)50-54-51(37-15-5-2-6-16-37)56-52(55-50)38-29-25-34(26-30-38)33-23-27-35(28-24-33)49-48-45(42-20-11-12-22-46(42)53-49)32-31-44-41-19-8-7-17-39(41)40-18-9-10-21-43(40)47(44)48/h1-32H. The molecule has 11 rings (SSSR count). The van der Waals surface area contributed by atoms with E-state index in [4.69, 9.17) is 19.9 Å². The van der Waals surface area contributed by atoms with Crippen LogP contribution in [0.4, 0.5) is 0 Å². The van der Waals surface area contributed by atoms with E-state index in [2.05, 4.69) is 133 Å². The third-order valence-corrected chi connectivity index (χ3v) is 10.9. The van der Waals surface area contributed by atoms with Gasteiger partial charge in [-0.3, -0.25) is 0 Å². The van der Waals surface area contributed by atoms with Gasteiger partial charge in [0, 0.05) is 38.4 Å². The van der Waals surface area contributed by atoms with Crippen LogP contribution in [0.1, 0.15) is 0 Å². The highest BCUT2D eigenvalue weighted by molar-refractivity contribution is 6.34. The molecule has 0 amide bonds. The number of benzene rings is 9. The fraction of sp³-hybridized carbons (Fsp3) is 0. The van der Waals surface area contributed by atoms with E-state index in [1.54, 1.807) is 0 Å². The van der Waals surface area contributed by atoms with Gasteiger partial charge in [-0.05, 0) is 49.5 Å². The fourth-order valence-electron chi connectivity index (χ4n) is 8.22. The summed E-state index contributed by atoms with van der Waals surface area (Å²) in [7, 11) is 0. The molecule has 0 radical (unpaired) electrons. The topological polar surface area (TPSA) is 51.6 Å². The van der Waals surface area contributed by atoms with Crippen molar-refractivity contribution in [2.45, 2.75) is 0 Å². The van der Waals surface area contributed by atoms with Gasteiger partial charge in [0.25, 0.3) is 0 Å². The van der Waals surface area contributed by atoms with Gasteiger partial charge in [-0.2, -0.15) is 0 Å². The lowest BCUT2D eigenvalue weighted by molar-refractivity contribution is 1.07. The molecule has 0 atom stereocenters. The van der Waals surface area contributed by atoms with Crippen molar-refractivity contribution < 1.29 is 0 Å². The maximum absolute atomic E-state index is 5.40. The van der Waals surface area contributed by atoms with Crippen molar-refractivity contribution >= 4 is 54.0 Å². The summed E-state index contributed by atoms with van der Waals surface area (Å²) in [5.74, 6) is 1.94. The Balaban J connectivity index is 1.03. The summed E-state index contributed by atoms with van der Waals surface area (Å²) in [5, 5.41) is 11.1. The molecule has 0 bridgehead atoms. The minimum absolute atomic E-state index is 0.640. The molecule has 0 saturated carbocycles. The van der Waals surface area contributed by atoms with Gasteiger partial charge in [-0.1, -0.05) is 188 Å². The van der Waals surface area contributed by atoms with Crippen LogP contribution >= 0.6 is 0 Å². The van der Waals surface area contributed by atoms with E-state index in [1.807, 2.05) is 60.7 Å². The zero-order chi connectivity index (χ0) is 37.0. The quantitative estimate of drug-likeness (QED) is 0.167. The normalized spacial score (nSPS) is 11.6. The first kappa shape index (κ1) is 31.9. The van der Waals surface area contributed by atoms with Gasteiger partial charge in [-0.25, -0.2) is 19.9 Å². The van der Waals surface area contributed by atoms with Crippen molar-refractivity contribution in [1.29, 1.82) is 0 Å². The molecule has 56 heavy (non-hydrogen) atoms. The molecule has 2 heterocycles. The molecule has 4 nitrogen and oxygen atoms in total. The summed E-state index contributed by atoms with van der Waals surface area (Å²) >= 11 is 0. The molecule has 0 fully saturated rings. The first-order chi connectivity index (χ1) is 27.8. The third-order valence-electron chi connectivity index (χ3n) is 10.9. The molecule has 0 aliphatic rings. The van der Waals surface area contributed by atoms with Crippen LogP contribution in [0.3, 0.4) is 0 Å². The highest BCUT2D eigenvalue weighted by Gasteiger charge is 2.18. The lowest BCUT2D eigenvalue weighted by Crippen LogP contribution is -2.00. The molecule has 260 valence electrons. The zero-order valence-corrected chi connectivity index (χ0v) is 30.3. The average molecular weight is 713 g/mol. The highest BCUT2D eigenvalue weighted by Crippen LogP contribution is 2.43. The molecule has 0 aliphatic heterocycles. The summed E-state index contributed by atoms with van der Waals surface area (Å²) < 4.78 is 0. The van der Waals surface area contributed by atoms with E-state index in [0.29, 0.717) is 17.5 Å². The molecule has 4 heteroatoms. The maximum Gasteiger partial charge on any atom is 0.164 e. The van der Waals surface area contributed by atoms with Crippen LogP contribution < -0.4 is 0 Å². The second kappa shape index (κ2) is 13.1. The van der Waals surface area contributed by atoms with Gasteiger partial charge in [0.1, 0.15) is 0 Å². The number of rotatable bonds is 5. The molecule has 9 aromatic carbocycles. The van der Waals surface area contributed by atoms with Crippen LogP contribution in [-0.4, -0.2) is 19.9 Å². The molecule has 0 saturated heterocycles. The number of pyridine rings is 1. The minimum Gasteiger partial charge on any atom is -0.247 e. The SMILES string of the molecule is c1ccc(-c2nc(-c3ccccc3)nc(-c3ccc(-c4ccc(-c5nc6ccccc6c6ccc7c8ccccc8c8ccccc8c7c56)cc4)cc3)n2)cc1. The van der Waals surface area contributed by atoms with Gasteiger partial charge in [0.05, 0.1) is 11.2 Å². The molecule has 0 N–H and O–H groups in total. The fourth-order valence-corrected chi connectivity index (χ4v) is 8.22. The molecule has 2 aromatic heterocycles. The number of aromatic nitrogens is 4. The van der Waals surface area contributed by atoms with Crippen molar-refractivity contribution in [2.24, 2.45) is 0 Å². The van der Waals surface area contributed by atoms with E-state index >= 15 is 0 Å². The summed E-state index contributed by atoms with van der Waals surface area (Å²) in [4.78, 5) is 20.1. The van der Waals surface area contributed by atoms with E-state index in [-0.39, 0.29) is 0 Å². The predicted molar refractivity (Wildman–Crippen MR) is 232 cm³/mol. The third kappa shape index (κ3) is 5.31. The Kier molecular flexibility index (Phi) is 7.46. The molecule has 11 aromatic rings. The van der Waals surface area contributed by atoms with Crippen LogP contribution in [0.15, 0.2) is 194 Å². The average Bonchev–Trinajstić information content (AvgIpc) is 3.29. The second-order valence-corrected chi connectivity index (χ2v) is 14.2. The minimum atomic E-state index is 0.640. The van der Waals surface area contributed by atoms with Crippen molar-refractivity contribution in [3.05, 3.63) is 194 Å². The number of nitrogens with zero attached hydrogens (tertiary/aromatic N) is 4. The first-order valence-electron chi connectivity index (χ1n) is 18.9. The van der Waals surface area contributed by atoms with Crippen LogP contribution in [-0.2, 0) is 0 Å². The molecule has 0 spiro atoms. The lowest BCUT2D eigenvalue weighted by Gasteiger charge is -2.17. The van der Waals surface area contributed by atoms with Crippen LogP contribution in [0.5, 0.6) is 0 Å². The number of hydrogen-bond donors (Lipinski definition) is 0. The second-order valence-electron chi connectivity index (χ2n) is 14.2. The van der Waals surface area contributed by atoms with Crippen molar-refractivity contribution in [1.82, 2.24) is 19.9 Å². The van der Waals surface area contributed by atoms with E-state index < -0.39 is 0 Å². The number of para-hydroxylation sites is 1. The molecule has 0 unspecified atom stereocenters. The van der Waals surface area contributed by atoms with Crippen LogP contribution in [0.2, 0.25) is 0 Å². The van der Waals surface area contributed by atoms with Crippen molar-refractivity contribution in [3.8, 4) is 56.5 Å². The van der Waals surface area contributed by atoms with E-state index in [9.17, 15) is 0 Å². The Bertz CT molecular complexity index is 3170. The monoisotopic (exact) mass is 712 g/mol. The Morgan fingerprint density at radius 1 is 0.214 bits per heavy atom. The Morgan fingerprint density at radius 3 is 1.11 bits per heavy atom. The summed E-state index contributed by atoms with van der Waals surface area (Å²) in [6, 6.07) is 68.1. The van der Waals surface area contributed by atoms with Crippen molar-refractivity contribution in [2.75, 3.05) is 0 Å². The van der Waals surface area contributed by atoms with Gasteiger partial charge in [0.2, 0.25) is 0 Å². The maximum atomic E-state index is 5.40. The molecular formula is C52H32N4. The van der Waals surface area contributed by atoms with Crippen molar-refractivity contribution in [3.63, 3.8) is 0 Å². The zero-order valence-electron chi connectivity index (χ0n) is 30.3. The lowest BCUT2D eigenvalue weighted by atomic mass is 9.88. The van der Waals surface area contributed by atoms with Crippen LogP contribution in [0, 0.1) is 0 Å². The smallest absolute Gasteiger partial charge is 0.164 e. The number of fused-ring (bicyclic) bond motifs is 10. The predicted octanol–water partition coefficient (Wildman–Crippen LogP) is 13.4. The van der Waals surface area contributed by atoms with Gasteiger partial charge < -0.3 is 0 Å². The Morgan fingerprint density at radius 2 is 0.571 bits per heavy atom. The largest absolute Gasteiger partial charge is 0.247 e. The summed E-state index contributed by atoms with van der Waals surface area (Å²) in [5.41, 5.74) is 8.13. The van der Waals surface area contributed by atoms with Crippen LogP contribution in [0.25, 0.3) is 111 Å². The molecular weight excluding hydrogens is 681 g/mol. The van der Waals surface area contributed by atoms with Gasteiger partial charge >= 0.3 is 0 Å². The van der Waals surface area contributed by atoms with Gasteiger partial charge in [-0.15, -0.1) is 0 Å². The first-order valence-corrected chi connectivity index (χ1v) is 18.9.